The Labute approximate surface area is 148 Å². The monoisotopic (exact) mass is 342 g/mol. The van der Waals surface area contributed by atoms with E-state index in [0.717, 1.165) is 36.8 Å². The molecule has 3 fully saturated rings. The predicted molar refractivity (Wildman–Crippen MR) is 93.7 cm³/mol. The SMILES string of the molecule is C[C@]12C=CC(=O)C=C1CC[C@@H]1[C@@H]2[C@@H](O)C[C@]2(C)/C(=C(\O)C=O)CC[C@@H]12. The molecule has 0 aromatic rings. The topological polar surface area (TPSA) is 74.6 Å². The van der Waals surface area contributed by atoms with Gasteiger partial charge in [-0.3, -0.25) is 9.59 Å². The molecule has 2 N–H and O–H groups in total. The summed E-state index contributed by atoms with van der Waals surface area (Å²) in [5, 5.41) is 21.2. The van der Waals surface area contributed by atoms with Crippen molar-refractivity contribution < 1.29 is 19.8 Å². The Morgan fingerprint density at radius 3 is 2.76 bits per heavy atom. The van der Waals surface area contributed by atoms with E-state index in [0.29, 0.717) is 24.5 Å². The minimum absolute atomic E-state index is 0.0445. The fraction of sp³-hybridized carbons (Fsp3) is 0.619. The van der Waals surface area contributed by atoms with Gasteiger partial charge in [0, 0.05) is 11.3 Å². The lowest BCUT2D eigenvalue weighted by atomic mass is 9.47. The largest absolute Gasteiger partial charge is 0.505 e. The third-order valence-electron chi connectivity index (χ3n) is 7.70. The molecule has 4 aliphatic rings. The molecule has 4 rings (SSSR count). The van der Waals surface area contributed by atoms with E-state index in [2.05, 4.69) is 13.8 Å². The van der Waals surface area contributed by atoms with E-state index in [1.54, 1.807) is 12.2 Å². The number of aldehydes is 1. The first kappa shape index (κ1) is 16.8. The molecule has 0 spiro atoms. The van der Waals surface area contributed by atoms with E-state index in [-0.39, 0.29) is 28.3 Å². The average Bonchev–Trinajstić information content (AvgIpc) is 2.91. The van der Waals surface area contributed by atoms with Crippen molar-refractivity contribution in [2.45, 2.75) is 52.1 Å². The smallest absolute Gasteiger partial charge is 0.184 e. The van der Waals surface area contributed by atoms with E-state index in [9.17, 15) is 19.8 Å². The second kappa shape index (κ2) is 5.41. The highest BCUT2D eigenvalue weighted by Crippen LogP contribution is 2.66. The van der Waals surface area contributed by atoms with Crippen molar-refractivity contribution in [3.63, 3.8) is 0 Å². The van der Waals surface area contributed by atoms with Crippen molar-refractivity contribution >= 4 is 12.1 Å². The number of fused-ring (bicyclic) bond motifs is 5. The van der Waals surface area contributed by atoms with Crippen LogP contribution in [0.4, 0.5) is 0 Å². The second-order valence-corrected chi connectivity index (χ2v) is 8.73. The minimum Gasteiger partial charge on any atom is -0.505 e. The number of aliphatic hydroxyl groups is 2. The summed E-state index contributed by atoms with van der Waals surface area (Å²) in [6.07, 6.45) is 9.53. The molecular formula is C21H26O4. The zero-order valence-electron chi connectivity index (χ0n) is 14.9. The summed E-state index contributed by atoms with van der Waals surface area (Å²) in [4.78, 5) is 22.9. The highest BCUT2D eigenvalue weighted by atomic mass is 16.3. The Morgan fingerprint density at radius 1 is 1.28 bits per heavy atom. The van der Waals surface area contributed by atoms with Gasteiger partial charge in [-0.25, -0.2) is 0 Å². The molecule has 0 amide bonds. The summed E-state index contributed by atoms with van der Waals surface area (Å²) < 4.78 is 0. The zero-order chi connectivity index (χ0) is 18.0. The standard InChI is InChI=1S/C21H26O4/c1-20-8-7-13(23)9-12(20)3-4-14-15-5-6-16(18(25)11-22)21(15,2)10-17(24)19(14)20/h7-9,11,14-15,17,19,24-25H,3-6,10H2,1-2H3/b18-16-/t14-,15-,17-,19+,20-,21-/m0/s1. The maximum absolute atomic E-state index is 11.8. The van der Waals surface area contributed by atoms with E-state index in [1.165, 1.54) is 0 Å². The van der Waals surface area contributed by atoms with Gasteiger partial charge in [0.25, 0.3) is 0 Å². The quantitative estimate of drug-likeness (QED) is 0.436. The van der Waals surface area contributed by atoms with Crippen molar-refractivity contribution in [2.24, 2.45) is 28.6 Å². The van der Waals surface area contributed by atoms with Crippen LogP contribution in [0.1, 0.15) is 46.0 Å². The molecule has 3 saturated carbocycles. The van der Waals surface area contributed by atoms with Gasteiger partial charge in [0.15, 0.2) is 17.8 Å². The van der Waals surface area contributed by atoms with Crippen LogP contribution in [0.2, 0.25) is 0 Å². The van der Waals surface area contributed by atoms with Gasteiger partial charge in [-0.1, -0.05) is 25.5 Å². The number of carbonyl (C=O) groups is 2. The van der Waals surface area contributed by atoms with Crippen LogP contribution < -0.4 is 0 Å². The fourth-order valence-electron chi connectivity index (χ4n) is 6.63. The first-order chi connectivity index (χ1) is 11.8. The Hall–Kier alpha value is -1.68. The Balaban J connectivity index is 1.76. The van der Waals surface area contributed by atoms with E-state index in [4.69, 9.17) is 0 Å². The van der Waals surface area contributed by atoms with E-state index >= 15 is 0 Å². The first-order valence-electron chi connectivity index (χ1n) is 9.31. The van der Waals surface area contributed by atoms with Crippen LogP contribution in [0.25, 0.3) is 0 Å². The number of hydrogen-bond acceptors (Lipinski definition) is 4. The van der Waals surface area contributed by atoms with Crippen LogP contribution in [0, 0.1) is 28.6 Å². The molecular weight excluding hydrogens is 316 g/mol. The third-order valence-corrected chi connectivity index (χ3v) is 7.70. The highest BCUT2D eigenvalue weighted by Gasteiger charge is 2.60. The van der Waals surface area contributed by atoms with Gasteiger partial charge in [-0.2, -0.15) is 0 Å². The van der Waals surface area contributed by atoms with Crippen molar-refractivity contribution in [3.8, 4) is 0 Å². The zero-order valence-corrected chi connectivity index (χ0v) is 14.9. The lowest BCUT2D eigenvalue weighted by Crippen LogP contribution is -2.55. The molecule has 4 nitrogen and oxygen atoms in total. The van der Waals surface area contributed by atoms with Gasteiger partial charge in [0.2, 0.25) is 0 Å². The molecule has 4 heteroatoms. The Kier molecular flexibility index (Phi) is 3.63. The van der Waals surface area contributed by atoms with Gasteiger partial charge >= 0.3 is 0 Å². The van der Waals surface area contributed by atoms with Crippen LogP contribution in [0.3, 0.4) is 0 Å². The fourth-order valence-corrected chi connectivity index (χ4v) is 6.63. The normalized spacial score (nSPS) is 47.5. The van der Waals surface area contributed by atoms with Crippen LogP contribution in [-0.2, 0) is 9.59 Å². The molecule has 4 aliphatic carbocycles. The maximum atomic E-state index is 11.8. The molecule has 0 aromatic carbocycles. The molecule has 0 radical (unpaired) electrons. The summed E-state index contributed by atoms with van der Waals surface area (Å²) in [6.45, 7) is 4.26. The number of aliphatic hydroxyl groups excluding tert-OH is 2. The maximum Gasteiger partial charge on any atom is 0.184 e. The van der Waals surface area contributed by atoms with Crippen molar-refractivity contribution in [2.75, 3.05) is 0 Å². The molecule has 25 heavy (non-hydrogen) atoms. The minimum atomic E-state index is -0.509. The molecule has 0 aromatic heterocycles. The van der Waals surface area contributed by atoms with E-state index < -0.39 is 6.10 Å². The van der Waals surface area contributed by atoms with Gasteiger partial charge in [0.05, 0.1) is 6.10 Å². The number of hydrogen-bond donors (Lipinski definition) is 2. The van der Waals surface area contributed by atoms with E-state index in [1.807, 2.05) is 6.08 Å². The summed E-state index contributed by atoms with van der Waals surface area (Å²) in [7, 11) is 0. The summed E-state index contributed by atoms with van der Waals surface area (Å²) in [5.41, 5.74) is 1.40. The van der Waals surface area contributed by atoms with Gasteiger partial charge in [-0.05, 0) is 67.1 Å². The molecule has 0 aliphatic heterocycles. The molecule has 6 atom stereocenters. The van der Waals surface area contributed by atoms with Gasteiger partial charge < -0.3 is 10.2 Å². The summed E-state index contributed by atoms with van der Waals surface area (Å²) >= 11 is 0. The summed E-state index contributed by atoms with van der Waals surface area (Å²) in [5.74, 6) is 0.699. The number of rotatable bonds is 1. The molecule has 0 bridgehead atoms. The highest BCUT2D eigenvalue weighted by molar-refractivity contribution is 6.01. The number of carbonyl (C=O) groups excluding carboxylic acids is 2. The lowest BCUT2D eigenvalue weighted by molar-refractivity contribution is -0.112. The van der Waals surface area contributed by atoms with Crippen LogP contribution in [-0.4, -0.2) is 28.4 Å². The second-order valence-electron chi connectivity index (χ2n) is 8.73. The molecule has 0 unspecified atom stereocenters. The van der Waals surface area contributed by atoms with Crippen molar-refractivity contribution in [1.29, 1.82) is 0 Å². The van der Waals surface area contributed by atoms with Crippen LogP contribution in [0.15, 0.2) is 35.1 Å². The predicted octanol–water partition coefficient (Wildman–Crippen LogP) is 3.28. The van der Waals surface area contributed by atoms with Gasteiger partial charge in [0.1, 0.15) is 0 Å². The lowest BCUT2D eigenvalue weighted by Gasteiger charge is -2.58. The van der Waals surface area contributed by atoms with Crippen molar-refractivity contribution in [3.05, 3.63) is 35.1 Å². The van der Waals surface area contributed by atoms with Crippen LogP contribution >= 0.6 is 0 Å². The summed E-state index contributed by atoms with van der Waals surface area (Å²) in [6, 6.07) is 0. The first-order valence-corrected chi connectivity index (χ1v) is 9.31. The van der Waals surface area contributed by atoms with Gasteiger partial charge in [-0.15, -0.1) is 0 Å². The number of allylic oxidation sites excluding steroid dienone is 6. The molecule has 0 heterocycles. The Morgan fingerprint density at radius 2 is 2.04 bits per heavy atom. The van der Waals surface area contributed by atoms with Crippen LogP contribution in [0.5, 0.6) is 0 Å². The number of ketones is 1. The third kappa shape index (κ3) is 2.16. The average molecular weight is 342 g/mol. The molecule has 0 saturated heterocycles. The Bertz CT molecular complexity index is 730. The van der Waals surface area contributed by atoms with Crippen molar-refractivity contribution in [1.82, 2.24) is 0 Å². The molecule has 134 valence electrons.